The van der Waals surface area contributed by atoms with Gasteiger partial charge in [0.2, 0.25) is 0 Å². The number of hydrogen-bond donors (Lipinski definition) is 2. The summed E-state index contributed by atoms with van der Waals surface area (Å²) in [6.07, 6.45) is 1.94. The second kappa shape index (κ2) is 9.07. The van der Waals surface area contributed by atoms with Crippen molar-refractivity contribution in [2.24, 2.45) is 0 Å². The summed E-state index contributed by atoms with van der Waals surface area (Å²) in [6, 6.07) is 19.7. The van der Waals surface area contributed by atoms with Crippen LogP contribution >= 0.6 is 0 Å². The van der Waals surface area contributed by atoms with Gasteiger partial charge in [-0.1, -0.05) is 30.3 Å². The third kappa shape index (κ3) is 4.47. The minimum absolute atomic E-state index is 0.181. The molecule has 0 saturated heterocycles. The van der Waals surface area contributed by atoms with Crippen molar-refractivity contribution in [3.8, 4) is 17.0 Å². The van der Waals surface area contributed by atoms with Crippen LogP contribution in [0.25, 0.3) is 16.9 Å². The second-order valence-electron chi connectivity index (χ2n) is 7.44. The standard InChI is InChI=1S/C24H26N4O3/c1-27(2)19-9-10-20(21(29)14-19)23-24(25-15-17-7-5-4-6-8-17)28-12-11-18(16-31-30-3)13-22(28)26-23/h4-14,25,29H,15-16H2,1-3H3. The van der Waals surface area contributed by atoms with Crippen LogP contribution in [-0.4, -0.2) is 35.7 Å². The summed E-state index contributed by atoms with van der Waals surface area (Å²) in [6.45, 7) is 0.956. The Hall–Kier alpha value is -3.55. The summed E-state index contributed by atoms with van der Waals surface area (Å²) < 4.78 is 1.98. The number of nitrogens with one attached hydrogen (secondary N) is 1. The maximum absolute atomic E-state index is 10.8. The van der Waals surface area contributed by atoms with E-state index in [2.05, 4.69) is 17.4 Å². The molecule has 0 bridgehead atoms. The molecular formula is C24H26N4O3. The SMILES string of the molecule is COOCc1ccn2c(NCc3ccccc3)c(-c3ccc(N(C)C)cc3O)nc2c1. The van der Waals surface area contributed by atoms with E-state index in [0.717, 1.165) is 28.3 Å². The van der Waals surface area contributed by atoms with Crippen LogP contribution in [0, 0.1) is 0 Å². The molecule has 2 N–H and O–H groups in total. The first kappa shape index (κ1) is 20.7. The molecule has 2 aromatic carbocycles. The van der Waals surface area contributed by atoms with Crippen molar-refractivity contribution in [3.63, 3.8) is 0 Å². The highest BCUT2D eigenvalue weighted by Gasteiger charge is 2.18. The average molecular weight is 418 g/mol. The Labute approximate surface area is 181 Å². The molecule has 0 unspecified atom stereocenters. The van der Waals surface area contributed by atoms with E-state index in [-0.39, 0.29) is 5.75 Å². The van der Waals surface area contributed by atoms with Gasteiger partial charge in [0.1, 0.15) is 29.5 Å². The molecule has 0 aliphatic heterocycles. The smallest absolute Gasteiger partial charge is 0.139 e. The Balaban J connectivity index is 1.78. The lowest BCUT2D eigenvalue weighted by molar-refractivity contribution is -0.282. The van der Waals surface area contributed by atoms with Crippen LogP contribution in [0.3, 0.4) is 0 Å². The molecule has 0 aliphatic rings. The van der Waals surface area contributed by atoms with Gasteiger partial charge >= 0.3 is 0 Å². The Morgan fingerprint density at radius 1 is 1.03 bits per heavy atom. The molecule has 0 spiro atoms. The Bertz CT molecular complexity index is 1170. The number of nitrogens with zero attached hydrogens (tertiary/aromatic N) is 3. The molecule has 160 valence electrons. The maximum Gasteiger partial charge on any atom is 0.139 e. The first-order chi connectivity index (χ1) is 15.1. The number of imidazole rings is 1. The van der Waals surface area contributed by atoms with Crippen molar-refractivity contribution < 1.29 is 14.9 Å². The number of aromatic hydroxyl groups is 1. The van der Waals surface area contributed by atoms with E-state index in [0.29, 0.717) is 24.4 Å². The van der Waals surface area contributed by atoms with Crippen molar-refractivity contribution in [3.05, 3.63) is 78.0 Å². The van der Waals surface area contributed by atoms with Crippen LogP contribution in [0.2, 0.25) is 0 Å². The highest BCUT2D eigenvalue weighted by atomic mass is 17.2. The highest BCUT2D eigenvalue weighted by Crippen LogP contribution is 2.37. The summed E-state index contributed by atoms with van der Waals surface area (Å²) in [5.74, 6) is 0.992. The lowest BCUT2D eigenvalue weighted by atomic mass is 10.1. The number of aromatic nitrogens is 2. The fourth-order valence-corrected chi connectivity index (χ4v) is 3.44. The van der Waals surface area contributed by atoms with Gasteiger partial charge < -0.3 is 15.3 Å². The minimum atomic E-state index is 0.181. The van der Waals surface area contributed by atoms with Crippen molar-refractivity contribution in [1.82, 2.24) is 9.38 Å². The zero-order valence-corrected chi connectivity index (χ0v) is 17.9. The lowest BCUT2D eigenvalue weighted by Gasteiger charge is -2.14. The zero-order chi connectivity index (χ0) is 21.8. The predicted molar refractivity (Wildman–Crippen MR) is 122 cm³/mol. The first-order valence-electron chi connectivity index (χ1n) is 10.0. The average Bonchev–Trinajstić information content (AvgIpc) is 3.14. The van der Waals surface area contributed by atoms with Crippen LogP contribution in [-0.2, 0) is 22.9 Å². The molecule has 4 aromatic rings. The summed E-state index contributed by atoms with van der Waals surface area (Å²) in [5.41, 5.74) is 5.11. The van der Waals surface area contributed by atoms with Crippen LogP contribution in [0.4, 0.5) is 11.5 Å². The quantitative estimate of drug-likeness (QED) is 0.325. The van der Waals surface area contributed by atoms with Gasteiger partial charge in [-0.2, -0.15) is 0 Å². The number of benzene rings is 2. The fourth-order valence-electron chi connectivity index (χ4n) is 3.44. The third-order valence-corrected chi connectivity index (χ3v) is 5.09. The number of phenolic OH excluding ortho intramolecular Hbond substituents is 1. The van der Waals surface area contributed by atoms with Gasteiger partial charge in [0.05, 0.1) is 7.11 Å². The molecule has 4 rings (SSSR count). The largest absolute Gasteiger partial charge is 0.507 e. The van der Waals surface area contributed by atoms with E-state index in [9.17, 15) is 5.11 Å². The molecule has 0 fully saturated rings. The van der Waals surface area contributed by atoms with Gasteiger partial charge in [0, 0.05) is 44.2 Å². The topological polar surface area (TPSA) is 71.3 Å². The van der Waals surface area contributed by atoms with E-state index in [4.69, 9.17) is 14.8 Å². The number of pyridine rings is 1. The number of anilines is 2. The Morgan fingerprint density at radius 2 is 1.84 bits per heavy atom. The van der Waals surface area contributed by atoms with Crippen molar-refractivity contribution in [2.75, 3.05) is 31.4 Å². The van der Waals surface area contributed by atoms with E-state index in [1.165, 1.54) is 7.11 Å². The van der Waals surface area contributed by atoms with Gasteiger partial charge in [-0.3, -0.25) is 4.40 Å². The first-order valence-corrected chi connectivity index (χ1v) is 10.0. The molecule has 0 atom stereocenters. The Kier molecular flexibility index (Phi) is 6.06. The zero-order valence-electron chi connectivity index (χ0n) is 17.9. The van der Waals surface area contributed by atoms with Gasteiger partial charge in [-0.05, 0) is 35.4 Å². The summed E-state index contributed by atoms with van der Waals surface area (Å²) >= 11 is 0. The van der Waals surface area contributed by atoms with Crippen LogP contribution in [0.1, 0.15) is 11.1 Å². The Morgan fingerprint density at radius 3 is 2.55 bits per heavy atom. The van der Waals surface area contributed by atoms with Gasteiger partial charge in [-0.15, -0.1) is 0 Å². The predicted octanol–water partition coefficient (Wildman–Crippen LogP) is 4.46. The number of phenols is 1. The van der Waals surface area contributed by atoms with Gasteiger partial charge in [-0.25, -0.2) is 14.8 Å². The maximum atomic E-state index is 10.8. The minimum Gasteiger partial charge on any atom is -0.507 e. The van der Waals surface area contributed by atoms with Crippen molar-refractivity contribution in [1.29, 1.82) is 0 Å². The molecule has 0 saturated carbocycles. The summed E-state index contributed by atoms with van der Waals surface area (Å²) in [5, 5.41) is 14.3. The number of hydrogen-bond acceptors (Lipinski definition) is 6. The fraction of sp³-hybridized carbons (Fsp3) is 0.208. The van der Waals surface area contributed by atoms with Crippen molar-refractivity contribution in [2.45, 2.75) is 13.2 Å². The van der Waals surface area contributed by atoms with Crippen molar-refractivity contribution >= 4 is 17.2 Å². The van der Waals surface area contributed by atoms with Gasteiger partial charge in [0.25, 0.3) is 0 Å². The van der Waals surface area contributed by atoms with Crippen LogP contribution in [0.15, 0.2) is 66.9 Å². The lowest BCUT2D eigenvalue weighted by Crippen LogP contribution is -2.08. The summed E-state index contributed by atoms with van der Waals surface area (Å²) in [7, 11) is 5.36. The molecule has 0 aliphatic carbocycles. The molecule has 0 amide bonds. The number of fused-ring (bicyclic) bond motifs is 1. The molecule has 7 nitrogen and oxygen atoms in total. The van der Waals surface area contributed by atoms with E-state index in [1.54, 1.807) is 6.07 Å². The highest BCUT2D eigenvalue weighted by molar-refractivity contribution is 5.81. The molecule has 7 heteroatoms. The van der Waals surface area contributed by atoms with Crippen LogP contribution in [0.5, 0.6) is 5.75 Å². The molecule has 31 heavy (non-hydrogen) atoms. The van der Waals surface area contributed by atoms with E-state index < -0.39 is 0 Å². The number of rotatable bonds is 8. The van der Waals surface area contributed by atoms with Crippen LogP contribution < -0.4 is 10.2 Å². The monoisotopic (exact) mass is 418 g/mol. The molecule has 0 radical (unpaired) electrons. The van der Waals surface area contributed by atoms with Gasteiger partial charge in [0.15, 0.2) is 0 Å². The summed E-state index contributed by atoms with van der Waals surface area (Å²) in [4.78, 5) is 16.5. The molecule has 2 heterocycles. The third-order valence-electron chi connectivity index (χ3n) is 5.09. The molecule has 2 aromatic heterocycles. The second-order valence-corrected chi connectivity index (χ2v) is 7.44. The van der Waals surface area contributed by atoms with E-state index >= 15 is 0 Å². The normalized spacial score (nSPS) is 11.1. The molecular weight excluding hydrogens is 392 g/mol. The van der Waals surface area contributed by atoms with E-state index in [1.807, 2.05) is 72.1 Å².